The van der Waals surface area contributed by atoms with Gasteiger partial charge in [0.2, 0.25) is 0 Å². The van der Waals surface area contributed by atoms with Crippen LogP contribution >= 0.6 is 0 Å². The molecule has 18 heavy (non-hydrogen) atoms. The van der Waals surface area contributed by atoms with Gasteiger partial charge in [0.25, 0.3) is 0 Å². The van der Waals surface area contributed by atoms with Crippen molar-refractivity contribution in [2.75, 3.05) is 6.61 Å². The lowest BCUT2D eigenvalue weighted by molar-refractivity contribution is -0.146. The molecule has 1 aliphatic carbocycles. The summed E-state index contributed by atoms with van der Waals surface area (Å²) in [6.07, 6.45) is 3.53. The number of rotatable bonds is 4. The molecule has 4 heteroatoms. The molecule has 1 aromatic rings. The first kappa shape index (κ1) is 12.8. The van der Waals surface area contributed by atoms with Crippen molar-refractivity contribution < 1.29 is 14.6 Å². The molecular formula is C14H17NO3. The van der Waals surface area contributed by atoms with Gasteiger partial charge in [-0.1, -0.05) is 12.1 Å². The molecule has 1 atom stereocenters. The Morgan fingerprint density at radius 1 is 1.56 bits per heavy atom. The third kappa shape index (κ3) is 2.76. The number of allylic oxidation sites excluding steroid dienone is 1. The number of carbonyl (C=O) groups excluding carboxylic acids is 1. The van der Waals surface area contributed by atoms with Crippen molar-refractivity contribution in [3.05, 3.63) is 35.7 Å². The average molecular weight is 247 g/mol. The average Bonchev–Trinajstić information content (AvgIpc) is 2.89. The molecule has 1 unspecified atom stereocenters. The fourth-order valence-corrected chi connectivity index (χ4v) is 2.12. The molecule has 4 nitrogen and oxygen atoms in total. The van der Waals surface area contributed by atoms with Gasteiger partial charge in [0.15, 0.2) is 0 Å². The van der Waals surface area contributed by atoms with Crippen LogP contribution in [0.5, 0.6) is 0 Å². The number of aliphatic hydroxyl groups is 1. The summed E-state index contributed by atoms with van der Waals surface area (Å²) in [7, 11) is 0. The van der Waals surface area contributed by atoms with Crippen LogP contribution in [0.15, 0.2) is 24.3 Å². The van der Waals surface area contributed by atoms with E-state index in [9.17, 15) is 4.79 Å². The minimum atomic E-state index is -0.161. The van der Waals surface area contributed by atoms with E-state index >= 15 is 0 Å². The van der Waals surface area contributed by atoms with Crippen molar-refractivity contribution in [1.29, 1.82) is 0 Å². The lowest BCUT2D eigenvalue weighted by Gasteiger charge is -2.05. The van der Waals surface area contributed by atoms with Gasteiger partial charge >= 0.3 is 5.97 Å². The molecule has 0 spiro atoms. The number of hydrogen-bond acceptors (Lipinski definition) is 4. The highest BCUT2D eigenvalue weighted by atomic mass is 16.5. The van der Waals surface area contributed by atoms with E-state index < -0.39 is 0 Å². The van der Waals surface area contributed by atoms with Gasteiger partial charge in [-0.25, -0.2) is 0 Å². The monoisotopic (exact) mass is 247 g/mol. The van der Waals surface area contributed by atoms with Crippen LogP contribution in [0.2, 0.25) is 0 Å². The fraction of sp³-hybridized carbons (Fsp3) is 0.429. The number of carbonyl (C=O) groups is 1. The van der Waals surface area contributed by atoms with Crippen LogP contribution in [-0.2, 0) is 16.1 Å². The van der Waals surface area contributed by atoms with E-state index in [0.717, 1.165) is 24.1 Å². The van der Waals surface area contributed by atoms with Gasteiger partial charge in [-0.05, 0) is 37.5 Å². The maximum Gasteiger partial charge on any atom is 0.312 e. The Hall–Kier alpha value is -1.68. The quantitative estimate of drug-likeness (QED) is 0.826. The number of nitrogens with zero attached hydrogens (tertiary/aromatic N) is 1. The second-order valence-electron chi connectivity index (χ2n) is 4.26. The smallest absolute Gasteiger partial charge is 0.312 e. The van der Waals surface area contributed by atoms with Crippen LogP contribution in [-0.4, -0.2) is 22.7 Å². The van der Waals surface area contributed by atoms with Crippen LogP contribution in [0.1, 0.15) is 31.2 Å². The third-order valence-corrected chi connectivity index (χ3v) is 3.01. The van der Waals surface area contributed by atoms with Crippen molar-refractivity contribution in [3.8, 4) is 0 Å². The minimum Gasteiger partial charge on any atom is -0.466 e. The predicted octanol–water partition coefficient (Wildman–Crippen LogP) is 1.93. The Labute approximate surface area is 106 Å². The summed E-state index contributed by atoms with van der Waals surface area (Å²) in [6.45, 7) is 2.16. The highest BCUT2D eigenvalue weighted by molar-refractivity contribution is 5.80. The first-order chi connectivity index (χ1) is 8.74. The molecule has 0 aromatic carbocycles. The van der Waals surface area contributed by atoms with E-state index in [0.29, 0.717) is 12.3 Å². The SMILES string of the molecule is CCOC(=O)C1C=C(c2cccc(CO)n2)CC1. The molecule has 1 N–H and O–H groups in total. The molecule has 0 bridgehead atoms. The number of pyridine rings is 1. The zero-order valence-electron chi connectivity index (χ0n) is 10.4. The minimum absolute atomic E-state index is 0.0670. The maximum atomic E-state index is 11.6. The van der Waals surface area contributed by atoms with Crippen LogP contribution < -0.4 is 0 Å². The van der Waals surface area contributed by atoms with Gasteiger partial charge in [-0.3, -0.25) is 9.78 Å². The predicted molar refractivity (Wildman–Crippen MR) is 67.5 cm³/mol. The Morgan fingerprint density at radius 2 is 2.39 bits per heavy atom. The summed E-state index contributed by atoms with van der Waals surface area (Å²) in [6, 6.07) is 5.55. The van der Waals surface area contributed by atoms with Crippen LogP contribution in [0.25, 0.3) is 5.57 Å². The number of aliphatic hydroxyl groups excluding tert-OH is 1. The van der Waals surface area contributed by atoms with Gasteiger partial charge in [-0.15, -0.1) is 0 Å². The molecule has 1 aromatic heterocycles. The summed E-state index contributed by atoms with van der Waals surface area (Å²) in [4.78, 5) is 16.0. The molecule has 0 radical (unpaired) electrons. The van der Waals surface area contributed by atoms with E-state index in [2.05, 4.69) is 4.98 Å². The normalized spacial score (nSPS) is 18.6. The molecule has 2 rings (SSSR count). The van der Waals surface area contributed by atoms with Gasteiger partial charge in [0.05, 0.1) is 30.5 Å². The van der Waals surface area contributed by atoms with E-state index in [1.165, 1.54) is 0 Å². The van der Waals surface area contributed by atoms with Gasteiger partial charge < -0.3 is 9.84 Å². The second-order valence-corrected chi connectivity index (χ2v) is 4.26. The third-order valence-electron chi connectivity index (χ3n) is 3.01. The van der Waals surface area contributed by atoms with Crippen LogP contribution in [0, 0.1) is 5.92 Å². The van der Waals surface area contributed by atoms with Gasteiger partial charge in [0.1, 0.15) is 0 Å². The summed E-state index contributed by atoms with van der Waals surface area (Å²) in [5.74, 6) is -0.314. The van der Waals surface area contributed by atoms with Crippen molar-refractivity contribution in [2.45, 2.75) is 26.4 Å². The van der Waals surface area contributed by atoms with E-state index in [4.69, 9.17) is 9.84 Å². The molecule has 0 aliphatic heterocycles. The van der Waals surface area contributed by atoms with Gasteiger partial charge in [0, 0.05) is 0 Å². The first-order valence-corrected chi connectivity index (χ1v) is 6.19. The molecule has 1 heterocycles. The van der Waals surface area contributed by atoms with Crippen LogP contribution in [0.3, 0.4) is 0 Å². The Morgan fingerprint density at radius 3 is 3.11 bits per heavy atom. The molecule has 0 amide bonds. The summed E-state index contributed by atoms with van der Waals surface area (Å²) in [5.41, 5.74) is 2.55. The number of hydrogen-bond donors (Lipinski definition) is 1. The number of aromatic nitrogens is 1. The number of esters is 1. The maximum absolute atomic E-state index is 11.6. The molecule has 0 saturated heterocycles. The fourth-order valence-electron chi connectivity index (χ4n) is 2.12. The van der Waals surface area contributed by atoms with Crippen molar-refractivity contribution >= 4 is 11.5 Å². The number of ether oxygens (including phenoxy) is 1. The zero-order chi connectivity index (χ0) is 13.0. The summed E-state index contributed by atoms with van der Waals surface area (Å²) in [5, 5.41) is 9.06. The molecule has 96 valence electrons. The van der Waals surface area contributed by atoms with Gasteiger partial charge in [-0.2, -0.15) is 0 Å². The molecular weight excluding hydrogens is 230 g/mol. The highest BCUT2D eigenvalue weighted by Crippen LogP contribution is 2.31. The molecule has 1 aliphatic rings. The Kier molecular flexibility index (Phi) is 4.10. The lowest BCUT2D eigenvalue weighted by Crippen LogP contribution is -2.13. The van der Waals surface area contributed by atoms with E-state index in [1.54, 1.807) is 6.07 Å². The zero-order valence-corrected chi connectivity index (χ0v) is 10.4. The Bertz CT molecular complexity index is 468. The summed E-state index contributed by atoms with van der Waals surface area (Å²) >= 11 is 0. The Balaban J connectivity index is 2.14. The van der Waals surface area contributed by atoms with E-state index in [-0.39, 0.29) is 18.5 Å². The van der Waals surface area contributed by atoms with Crippen molar-refractivity contribution in [1.82, 2.24) is 4.98 Å². The van der Waals surface area contributed by atoms with E-state index in [1.807, 2.05) is 25.1 Å². The van der Waals surface area contributed by atoms with Crippen LogP contribution in [0.4, 0.5) is 0 Å². The second kappa shape index (κ2) is 5.78. The lowest BCUT2D eigenvalue weighted by atomic mass is 10.1. The van der Waals surface area contributed by atoms with Crippen molar-refractivity contribution in [2.24, 2.45) is 5.92 Å². The topological polar surface area (TPSA) is 59.4 Å². The molecule has 0 fully saturated rings. The largest absolute Gasteiger partial charge is 0.466 e. The highest BCUT2D eigenvalue weighted by Gasteiger charge is 2.24. The summed E-state index contributed by atoms with van der Waals surface area (Å²) < 4.78 is 5.01. The standard InChI is InChI=1S/C14H17NO3/c1-2-18-14(17)11-7-6-10(8-11)13-5-3-4-12(9-16)15-13/h3-5,8,11,16H,2,6-7,9H2,1H3. The molecule has 0 saturated carbocycles. The first-order valence-electron chi connectivity index (χ1n) is 6.19. The van der Waals surface area contributed by atoms with Crippen molar-refractivity contribution in [3.63, 3.8) is 0 Å².